The first-order valence-corrected chi connectivity index (χ1v) is 7.30. The minimum atomic E-state index is 0.825. The fraction of sp³-hybridized carbons (Fsp3) is 1.00. The summed E-state index contributed by atoms with van der Waals surface area (Å²) in [5.41, 5.74) is 0. The van der Waals surface area contributed by atoms with Crippen LogP contribution in [0.25, 0.3) is 0 Å². The molecule has 15 heavy (non-hydrogen) atoms. The number of nitrogens with one attached hydrogen (secondary N) is 1. The highest BCUT2D eigenvalue weighted by molar-refractivity contribution is 7.99. The zero-order valence-corrected chi connectivity index (χ0v) is 10.9. The van der Waals surface area contributed by atoms with Crippen LogP contribution < -0.4 is 5.32 Å². The first-order valence-electron chi connectivity index (χ1n) is 6.15. The normalized spacial score (nSPS) is 18.6. The summed E-state index contributed by atoms with van der Waals surface area (Å²) < 4.78 is 5.34. The van der Waals surface area contributed by atoms with Gasteiger partial charge in [0.15, 0.2) is 0 Å². The van der Waals surface area contributed by atoms with E-state index in [4.69, 9.17) is 4.74 Å². The molecule has 0 aromatic rings. The molecule has 0 aromatic carbocycles. The minimum absolute atomic E-state index is 0.825. The van der Waals surface area contributed by atoms with Crippen molar-refractivity contribution in [3.05, 3.63) is 0 Å². The Morgan fingerprint density at radius 1 is 1.33 bits per heavy atom. The summed E-state index contributed by atoms with van der Waals surface area (Å²) in [7, 11) is 0. The lowest BCUT2D eigenvalue weighted by molar-refractivity contribution is 0.0665. The summed E-state index contributed by atoms with van der Waals surface area (Å²) in [5.74, 6) is 4.22. The Bertz CT molecular complexity index is 147. The molecule has 0 spiro atoms. The lowest BCUT2D eigenvalue weighted by Crippen LogP contribution is -2.29. The zero-order chi connectivity index (χ0) is 10.9. The van der Waals surface area contributed by atoms with Gasteiger partial charge in [-0.1, -0.05) is 13.8 Å². The van der Waals surface area contributed by atoms with Crippen molar-refractivity contribution in [2.45, 2.75) is 26.7 Å². The van der Waals surface area contributed by atoms with Crippen LogP contribution in [-0.2, 0) is 4.74 Å². The Balaban J connectivity index is 1.83. The van der Waals surface area contributed by atoms with Crippen molar-refractivity contribution >= 4 is 11.8 Å². The summed E-state index contributed by atoms with van der Waals surface area (Å²) in [4.78, 5) is 0. The molecule has 1 saturated heterocycles. The van der Waals surface area contributed by atoms with Gasteiger partial charge in [0.1, 0.15) is 0 Å². The number of hydrogen-bond acceptors (Lipinski definition) is 3. The van der Waals surface area contributed by atoms with Crippen LogP contribution >= 0.6 is 11.8 Å². The van der Waals surface area contributed by atoms with Gasteiger partial charge in [-0.2, -0.15) is 11.8 Å². The van der Waals surface area contributed by atoms with Gasteiger partial charge < -0.3 is 10.1 Å². The maximum Gasteiger partial charge on any atom is 0.0469 e. The quantitative estimate of drug-likeness (QED) is 0.680. The fourth-order valence-electron chi connectivity index (χ4n) is 1.72. The molecule has 0 amide bonds. The second-order valence-electron chi connectivity index (χ2n) is 4.73. The topological polar surface area (TPSA) is 21.3 Å². The Morgan fingerprint density at radius 2 is 2.07 bits per heavy atom. The molecule has 1 rings (SSSR count). The molecule has 0 atom stereocenters. The van der Waals surface area contributed by atoms with Gasteiger partial charge in [-0.15, -0.1) is 0 Å². The third-order valence-electron chi connectivity index (χ3n) is 2.65. The SMILES string of the molecule is CC(C)CSCCNCC1CCOCC1. The average molecular weight is 231 g/mol. The Kier molecular flexibility index (Phi) is 7.49. The lowest BCUT2D eigenvalue weighted by atomic mass is 10.0. The van der Waals surface area contributed by atoms with Crippen molar-refractivity contribution in [3.8, 4) is 0 Å². The second kappa shape index (κ2) is 8.43. The highest BCUT2D eigenvalue weighted by atomic mass is 32.2. The van der Waals surface area contributed by atoms with E-state index in [9.17, 15) is 0 Å². The number of ether oxygens (including phenoxy) is 1. The molecular weight excluding hydrogens is 206 g/mol. The third-order valence-corrected chi connectivity index (χ3v) is 4.04. The molecule has 1 heterocycles. The van der Waals surface area contributed by atoms with Crippen molar-refractivity contribution in [3.63, 3.8) is 0 Å². The van der Waals surface area contributed by atoms with E-state index in [0.717, 1.165) is 31.6 Å². The van der Waals surface area contributed by atoms with E-state index >= 15 is 0 Å². The van der Waals surface area contributed by atoms with Gasteiger partial charge >= 0.3 is 0 Å². The van der Waals surface area contributed by atoms with E-state index in [0.29, 0.717) is 0 Å². The molecular formula is C12H25NOS. The predicted octanol–water partition coefficient (Wildman–Crippen LogP) is 2.39. The van der Waals surface area contributed by atoms with Crippen molar-refractivity contribution in [1.82, 2.24) is 5.32 Å². The molecule has 1 N–H and O–H groups in total. The molecule has 1 aliphatic rings. The lowest BCUT2D eigenvalue weighted by Gasteiger charge is -2.22. The first kappa shape index (κ1) is 13.3. The monoisotopic (exact) mass is 231 g/mol. The maximum atomic E-state index is 5.34. The van der Waals surface area contributed by atoms with E-state index in [1.165, 1.54) is 30.9 Å². The number of rotatable bonds is 7. The van der Waals surface area contributed by atoms with Crippen LogP contribution in [0.15, 0.2) is 0 Å². The smallest absolute Gasteiger partial charge is 0.0469 e. The molecule has 0 radical (unpaired) electrons. The molecule has 1 fully saturated rings. The van der Waals surface area contributed by atoms with Crippen LogP contribution in [0.1, 0.15) is 26.7 Å². The van der Waals surface area contributed by atoms with Crippen LogP contribution in [0, 0.1) is 11.8 Å². The summed E-state index contributed by atoms with van der Waals surface area (Å²) in [6.45, 7) is 8.84. The number of thioether (sulfide) groups is 1. The van der Waals surface area contributed by atoms with E-state index < -0.39 is 0 Å². The molecule has 0 bridgehead atoms. The summed E-state index contributed by atoms with van der Waals surface area (Å²) >= 11 is 2.06. The van der Waals surface area contributed by atoms with E-state index in [2.05, 4.69) is 30.9 Å². The van der Waals surface area contributed by atoms with Gasteiger partial charge in [0.25, 0.3) is 0 Å². The van der Waals surface area contributed by atoms with Crippen LogP contribution in [0.4, 0.5) is 0 Å². The van der Waals surface area contributed by atoms with Gasteiger partial charge in [-0.05, 0) is 37.0 Å². The Morgan fingerprint density at radius 3 is 2.73 bits per heavy atom. The molecule has 90 valence electrons. The molecule has 3 heteroatoms. The van der Waals surface area contributed by atoms with Crippen LogP contribution in [-0.4, -0.2) is 37.8 Å². The molecule has 0 aromatic heterocycles. The largest absolute Gasteiger partial charge is 0.381 e. The standard InChI is InChI=1S/C12H25NOS/c1-11(2)10-15-8-5-13-9-12-3-6-14-7-4-12/h11-13H,3-10H2,1-2H3. The first-order chi connectivity index (χ1) is 7.29. The molecule has 0 aliphatic carbocycles. The van der Waals surface area contributed by atoms with Gasteiger partial charge in [0.2, 0.25) is 0 Å². The second-order valence-corrected chi connectivity index (χ2v) is 5.88. The van der Waals surface area contributed by atoms with Crippen molar-refractivity contribution < 1.29 is 4.74 Å². The van der Waals surface area contributed by atoms with Crippen molar-refractivity contribution in [1.29, 1.82) is 0 Å². The summed E-state index contributed by atoms with van der Waals surface area (Å²) in [5, 5.41) is 3.55. The Labute approximate surface area is 98.5 Å². The van der Waals surface area contributed by atoms with Crippen LogP contribution in [0.5, 0.6) is 0 Å². The van der Waals surface area contributed by atoms with Crippen LogP contribution in [0.2, 0.25) is 0 Å². The third kappa shape index (κ3) is 7.20. The average Bonchev–Trinajstić information content (AvgIpc) is 2.24. The van der Waals surface area contributed by atoms with Gasteiger partial charge in [-0.25, -0.2) is 0 Å². The zero-order valence-electron chi connectivity index (χ0n) is 10.1. The molecule has 1 aliphatic heterocycles. The van der Waals surface area contributed by atoms with E-state index in [1.807, 2.05) is 0 Å². The highest BCUT2D eigenvalue weighted by Crippen LogP contribution is 2.13. The number of hydrogen-bond donors (Lipinski definition) is 1. The maximum absolute atomic E-state index is 5.34. The van der Waals surface area contributed by atoms with Crippen LogP contribution in [0.3, 0.4) is 0 Å². The highest BCUT2D eigenvalue weighted by Gasteiger charge is 2.12. The Hall–Kier alpha value is 0.270. The summed E-state index contributed by atoms with van der Waals surface area (Å²) in [6, 6.07) is 0. The van der Waals surface area contributed by atoms with E-state index in [1.54, 1.807) is 0 Å². The molecule has 0 unspecified atom stereocenters. The summed E-state index contributed by atoms with van der Waals surface area (Å²) in [6.07, 6.45) is 2.48. The van der Waals surface area contributed by atoms with Gasteiger partial charge in [0, 0.05) is 25.5 Å². The minimum Gasteiger partial charge on any atom is -0.381 e. The van der Waals surface area contributed by atoms with Crippen molar-refractivity contribution in [2.24, 2.45) is 11.8 Å². The molecule has 0 saturated carbocycles. The fourth-order valence-corrected chi connectivity index (χ4v) is 2.65. The molecule has 2 nitrogen and oxygen atoms in total. The van der Waals surface area contributed by atoms with Gasteiger partial charge in [-0.3, -0.25) is 0 Å². The van der Waals surface area contributed by atoms with Gasteiger partial charge in [0.05, 0.1) is 0 Å². The van der Waals surface area contributed by atoms with Crippen molar-refractivity contribution in [2.75, 3.05) is 37.8 Å². The van der Waals surface area contributed by atoms with E-state index in [-0.39, 0.29) is 0 Å². The predicted molar refractivity (Wildman–Crippen MR) is 68.6 cm³/mol.